The number of halogens is 1. The van der Waals surface area contributed by atoms with Crippen molar-refractivity contribution in [2.45, 2.75) is 19.4 Å². The Balaban J connectivity index is 1.92. The highest BCUT2D eigenvalue weighted by atomic mass is 35.5. The van der Waals surface area contributed by atoms with Crippen LogP contribution in [-0.2, 0) is 16.0 Å². The van der Waals surface area contributed by atoms with Gasteiger partial charge in [-0.25, -0.2) is 9.59 Å². The number of hydrogen-bond donors (Lipinski definition) is 2. The quantitative estimate of drug-likeness (QED) is 0.598. The molecule has 8 heteroatoms. The molecule has 3 aromatic rings. The third kappa shape index (κ3) is 4.25. The van der Waals surface area contributed by atoms with Crippen molar-refractivity contribution in [2.24, 2.45) is 0 Å². The van der Waals surface area contributed by atoms with Crippen LogP contribution in [0.25, 0.3) is 11.0 Å². The summed E-state index contributed by atoms with van der Waals surface area (Å²) in [4.78, 5) is 36.5. The van der Waals surface area contributed by atoms with Gasteiger partial charge in [0.25, 0.3) is 0 Å². The standard InChI is InChI=1S/C21H18ClNO6/c1-11-13-8-15(22)17(28-2)10-16(13)29-21(27)14(11)9-18(24)23-19(20(25)26)12-6-4-3-5-7-12/h3-8,10,19H,9H2,1-2H3,(H,23,24)(H,25,26)/t19-/m0/s1. The number of aliphatic carboxylic acids is 1. The summed E-state index contributed by atoms with van der Waals surface area (Å²) in [6.45, 7) is 1.68. The van der Waals surface area contributed by atoms with Gasteiger partial charge in [0.2, 0.25) is 5.91 Å². The van der Waals surface area contributed by atoms with Gasteiger partial charge in [-0.3, -0.25) is 4.79 Å². The minimum atomic E-state index is -1.23. The average Bonchev–Trinajstić information content (AvgIpc) is 2.70. The van der Waals surface area contributed by atoms with Crippen molar-refractivity contribution >= 4 is 34.4 Å². The summed E-state index contributed by atoms with van der Waals surface area (Å²) in [7, 11) is 1.45. The van der Waals surface area contributed by atoms with Crippen LogP contribution in [0.4, 0.5) is 0 Å². The predicted octanol–water partition coefficient (Wildman–Crippen LogP) is 3.25. The highest BCUT2D eigenvalue weighted by molar-refractivity contribution is 6.32. The van der Waals surface area contributed by atoms with Crippen molar-refractivity contribution in [1.29, 1.82) is 0 Å². The molecule has 0 spiro atoms. The fourth-order valence-corrected chi connectivity index (χ4v) is 3.30. The summed E-state index contributed by atoms with van der Waals surface area (Å²) in [5, 5.41) is 12.8. The van der Waals surface area contributed by atoms with Crippen LogP contribution in [0.15, 0.2) is 51.7 Å². The number of hydrogen-bond acceptors (Lipinski definition) is 5. The minimum absolute atomic E-state index is 0.133. The number of methoxy groups -OCH3 is 1. The third-order valence-electron chi connectivity index (χ3n) is 4.58. The van der Waals surface area contributed by atoms with Crippen molar-refractivity contribution in [2.75, 3.05) is 7.11 Å². The number of amides is 1. The molecule has 0 bridgehead atoms. The maximum Gasteiger partial charge on any atom is 0.340 e. The summed E-state index contributed by atoms with van der Waals surface area (Å²) in [6.07, 6.45) is -0.329. The molecule has 0 unspecified atom stereocenters. The van der Waals surface area contributed by atoms with Gasteiger partial charge in [0.15, 0.2) is 6.04 Å². The first-order valence-corrected chi connectivity index (χ1v) is 9.06. The molecule has 0 fully saturated rings. The van der Waals surface area contributed by atoms with E-state index in [1.165, 1.54) is 13.2 Å². The van der Waals surface area contributed by atoms with Crippen LogP contribution in [-0.4, -0.2) is 24.1 Å². The second-order valence-electron chi connectivity index (χ2n) is 6.40. The molecule has 150 valence electrons. The van der Waals surface area contributed by atoms with E-state index in [9.17, 15) is 19.5 Å². The number of ether oxygens (including phenoxy) is 1. The van der Waals surface area contributed by atoms with E-state index < -0.39 is 23.5 Å². The van der Waals surface area contributed by atoms with E-state index in [2.05, 4.69) is 5.32 Å². The maximum absolute atomic E-state index is 12.5. The Morgan fingerprint density at radius 3 is 2.55 bits per heavy atom. The summed E-state index contributed by atoms with van der Waals surface area (Å²) >= 11 is 6.16. The summed E-state index contributed by atoms with van der Waals surface area (Å²) < 4.78 is 10.4. The monoisotopic (exact) mass is 415 g/mol. The zero-order valence-electron chi connectivity index (χ0n) is 15.7. The number of carboxylic acid groups (broad SMARTS) is 1. The molecule has 3 rings (SSSR count). The second-order valence-corrected chi connectivity index (χ2v) is 6.81. The Labute approximate surface area is 170 Å². The van der Waals surface area contributed by atoms with Gasteiger partial charge in [0.05, 0.1) is 24.1 Å². The number of carboxylic acids is 1. The predicted molar refractivity (Wildman–Crippen MR) is 107 cm³/mol. The zero-order valence-corrected chi connectivity index (χ0v) is 16.4. The fourth-order valence-electron chi connectivity index (χ4n) is 3.06. The van der Waals surface area contributed by atoms with Crippen LogP contribution in [0, 0.1) is 6.92 Å². The molecule has 0 aliphatic rings. The molecule has 1 atom stereocenters. The summed E-state index contributed by atoms with van der Waals surface area (Å²) in [6, 6.07) is 10.2. The van der Waals surface area contributed by atoms with Crippen molar-refractivity contribution in [3.8, 4) is 5.75 Å². The van der Waals surface area contributed by atoms with E-state index in [0.29, 0.717) is 27.3 Å². The zero-order chi connectivity index (χ0) is 21.1. The molecule has 2 aromatic carbocycles. The highest BCUT2D eigenvalue weighted by Gasteiger charge is 2.23. The van der Waals surface area contributed by atoms with Crippen molar-refractivity contribution in [3.63, 3.8) is 0 Å². The van der Waals surface area contributed by atoms with E-state index in [-0.39, 0.29) is 17.6 Å². The van der Waals surface area contributed by atoms with Crippen LogP contribution in [0.3, 0.4) is 0 Å². The van der Waals surface area contributed by atoms with Gasteiger partial charge in [-0.2, -0.15) is 0 Å². The molecule has 0 radical (unpaired) electrons. The van der Waals surface area contributed by atoms with Gasteiger partial charge in [-0.05, 0) is 24.1 Å². The summed E-state index contributed by atoms with van der Waals surface area (Å²) in [5.74, 6) is -1.46. The van der Waals surface area contributed by atoms with E-state index >= 15 is 0 Å². The topological polar surface area (TPSA) is 106 Å². The van der Waals surface area contributed by atoms with E-state index in [0.717, 1.165) is 0 Å². The fraction of sp³-hybridized carbons (Fsp3) is 0.190. The maximum atomic E-state index is 12.5. The number of carbonyl (C=O) groups is 2. The lowest BCUT2D eigenvalue weighted by Crippen LogP contribution is -2.35. The largest absolute Gasteiger partial charge is 0.495 e. The molecule has 0 aliphatic heterocycles. The van der Waals surface area contributed by atoms with Gasteiger partial charge in [0.1, 0.15) is 11.3 Å². The van der Waals surface area contributed by atoms with Crippen LogP contribution >= 0.6 is 11.6 Å². The number of nitrogens with one attached hydrogen (secondary N) is 1. The number of carbonyl (C=O) groups excluding carboxylic acids is 1. The second kappa shape index (κ2) is 8.36. The van der Waals surface area contributed by atoms with Gasteiger partial charge >= 0.3 is 11.6 Å². The first-order valence-electron chi connectivity index (χ1n) is 8.68. The van der Waals surface area contributed by atoms with Crippen LogP contribution < -0.4 is 15.7 Å². The van der Waals surface area contributed by atoms with E-state index in [1.54, 1.807) is 43.3 Å². The molecule has 7 nitrogen and oxygen atoms in total. The van der Waals surface area contributed by atoms with Gasteiger partial charge < -0.3 is 19.6 Å². The number of aryl methyl sites for hydroxylation is 1. The Kier molecular flexibility index (Phi) is 5.89. The first-order chi connectivity index (χ1) is 13.8. The molecule has 1 heterocycles. The minimum Gasteiger partial charge on any atom is -0.495 e. The molecule has 29 heavy (non-hydrogen) atoms. The molecule has 0 aliphatic carbocycles. The van der Waals surface area contributed by atoms with Crippen molar-refractivity contribution in [1.82, 2.24) is 5.32 Å². The van der Waals surface area contributed by atoms with Crippen LogP contribution in [0.1, 0.15) is 22.7 Å². The molecule has 1 amide bonds. The third-order valence-corrected chi connectivity index (χ3v) is 4.88. The lowest BCUT2D eigenvalue weighted by Gasteiger charge is -2.15. The van der Waals surface area contributed by atoms with Crippen LogP contribution in [0.2, 0.25) is 5.02 Å². The van der Waals surface area contributed by atoms with Gasteiger partial charge in [-0.15, -0.1) is 0 Å². The Morgan fingerprint density at radius 1 is 1.24 bits per heavy atom. The number of fused-ring (bicyclic) bond motifs is 1. The SMILES string of the molecule is COc1cc2oc(=O)c(CC(=O)N[C@H](C(=O)O)c3ccccc3)c(C)c2cc1Cl. The molecular weight excluding hydrogens is 398 g/mol. The average molecular weight is 416 g/mol. The molecule has 0 saturated carbocycles. The molecule has 0 saturated heterocycles. The Morgan fingerprint density at radius 2 is 1.93 bits per heavy atom. The lowest BCUT2D eigenvalue weighted by atomic mass is 10.0. The highest BCUT2D eigenvalue weighted by Crippen LogP contribution is 2.31. The Bertz CT molecular complexity index is 1140. The smallest absolute Gasteiger partial charge is 0.340 e. The summed E-state index contributed by atoms with van der Waals surface area (Å²) in [5.41, 5.74) is 0.692. The van der Waals surface area contributed by atoms with E-state index in [1.807, 2.05) is 0 Å². The van der Waals surface area contributed by atoms with Crippen molar-refractivity contribution in [3.05, 3.63) is 74.6 Å². The molecular formula is C21H18ClNO6. The van der Waals surface area contributed by atoms with Crippen molar-refractivity contribution < 1.29 is 23.8 Å². The lowest BCUT2D eigenvalue weighted by molar-refractivity contribution is -0.142. The van der Waals surface area contributed by atoms with E-state index in [4.69, 9.17) is 20.8 Å². The first kappa shape index (κ1) is 20.4. The normalized spacial score (nSPS) is 11.8. The molecule has 2 N–H and O–H groups in total. The number of benzene rings is 2. The van der Waals surface area contributed by atoms with Gasteiger partial charge in [0, 0.05) is 11.5 Å². The van der Waals surface area contributed by atoms with Gasteiger partial charge in [-0.1, -0.05) is 41.9 Å². The number of rotatable bonds is 6. The Hall–Kier alpha value is -3.32. The van der Waals surface area contributed by atoms with Crippen LogP contribution in [0.5, 0.6) is 5.75 Å². The molecule has 1 aromatic heterocycles.